The molecule has 0 atom stereocenters. The monoisotopic (exact) mass is 382 g/mol. The largest absolute Gasteiger partial charge is 0.454 e. The van der Waals surface area contributed by atoms with Gasteiger partial charge in [-0.3, -0.25) is 0 Å². The second-order valence-electron chi connectivity index (χ2n) is 6.31. The lowest BCUT2D eigenvalue weighted by Crippen LogP contribution is -2.05. The maximum absolute atomic E-state index is 6.02. The summed E-state index contributed by atoms with van der Waals surface area (Å²) in [6.07, 6.45) is 0. The predicted molar refractivity (Wildman–Crippen MR) is 106 cm³/mol. The summed E-state index contributed by atoms with van der Waals surface area (Å²) in [5.74, 6) is 3.70. The fourth-order valence-corrected chi connectivity index (χ4v) is 3.10. The van der Waals surface area contributed by atoms with Crippen molar-refractivity contribution >= 4 is 28.9 Å². The van der Waals surface area contributed by atoms with Gasteiger partial charge in [0, 0.05) is 23.3 Å². The Morgan fingerprint density at radius 3 is 2.63 bits per heavy atom. The number of aryl methyl sites for hydroxylation is 2. The summed E-state index contributed by atoms with van der Waals surface area (Å²) >= 11 is 6.02. The highest BCUT2D eigenvalue weighted by Gasteiger charge is 2.13. The van der Waals surface area contributed by atoms with Crippen LogP contribution in [0.5, 0.6) is 11.5 Å². The van der Waals surface area contributed by atoms with Crippen molar-refractivity contribution < 1.29 is 9.47 Å². The summed E-state index contributed by atoms with van der Waals surface area (Å²) in [5, 5.41) is 7.37. The molecule has 2 heterocycles. The molecule has 0 spiro atoms. The number of halogens is 1. The summed E-state index contributed by atoms with van der Waals surface area (Å²) in [6, 6.07) is 13.5. The zero-order valence-electron chi connectivity index (χ0n) is 15.0. The molecule has 0 radical (unpaired) electrons. The van der Waals surface area contributed by atoms with E-state index in [0.717, 1.165) is 39.9 Å². The Hall–Kier alpha value is -2.99. The van der Waals surface area contributed by atoms with Gasteiger partial charge in [-0.05, 0) is 55.3 Å². The fraction of sp³-hybridized carbons (Fsp3) is 0.200. The summed E-state index contributed by atoms with van der Waals surface area (Å²) < 4.78 is 10.8. The lowest BCUT2D eigenvalue weighted by Gasteiger charge is -2.12. The van der Waals surface area contributed by atoms with Gasteiger partial charge in [0.2, 0.25) is 6.79 Å². The molecular weight excluding hydrogens is 364 g/mol. The summed E-state index contributed by atoms with van der Waals surface area (Å²) in [6.45, 7) is 4.76. The molecule has 0 unspecified atom stereocenters. The van der Waals surface area contributed by atoms with E-state index in [1.54, 1.807) is 0 Å². The molecule has 2 aromatic carbocycles. The van der Waals surface area contributed by atoms with Crippen LogP contribution in [0.4, 0.5) is 17.3 Å². The van der Waals surface area contributed by atoms with Gasteiger partial charge < -0.3 is 20.1 Å². The molecule has 0 bridgehead atoms. The number of rotatable bonds is 5. The zero-order chi connectivity index (χ0) is 18.8. The van der Waals surface area contributed by atoms with Crippen LogP contribution in [0.1, 0.15) is 17.0 Å². The van der Waals surface area contributed by atoms with Gasteiger partial charge in [0.25, 0.3) is 0 Å². The first-order chi connectivity index (χ1) is 13.1. The van der Waals surface area contributed by atoms with Crippen molar-refractivity contribution in [3.63, 3.8) is 0 Å². The van der Waals surface area contributed by atoms with Gasteiger partial charge in [-0.15, -0.1) is 0 Å². The smallest absolute Gasteiger partial charge is 0.231 e. The number of anilines is 3. The number of hydrogen-bond acceptors (Lipinski definition) is 6. The summed E-state index contributed by atoms with van der Waals surface area (Å²) in [5.41, 5.74) is 3.09. The Morgan fingerprint density at radius 2 is 1.78 bits per heavy atom. The molecule has 1 aromatic heterocycles. The Balaban J connectivity index is 1.48. The number of benzene rings is 2. The van der Waals surface area contributed by atoms with E-state index >= 15 is 0 Å². The van der Waals surface area contributed by atoms with Gasteiger partial charge in [-0.25, -0.2) is 9.97 Å². The number of ether oxygens (including phenoxy) is 2. The van der Waals surface area contributed by atoms with Crippen LogP contribution in [0.2, 0.25) is 5.02 Å². The van der Waals surface area contributed by atoms with Crippen LogP contribution < -0.4 is 20.1 Å². The molecule has 3 aromatic rings. The molecule has 0 saturated heterocycles. The predicted octanol–water partition coefficient (Wildman–Crippen LogP) is 4.83. The van der Waals surface area contributed by atoms with Crippen molar-refractivity contribution in [2.45, 2.75) is 20.4 Å². The van der Waals surface area contributed by atoms with E-state index < -0.39 is 0 Å². The van der Waals surface area contributed by atoms with Gasteiger partial charge in [0.05, 0.1) is 0 Å². The van der Waals surface area contributed by atoms with E-state index in [2.05, 4.69) is 20.6 Å². The van der Waals surface area contributed by atoms with Gasteiger partial charge >= 0.3 is 0 Å². The number of hydrogen-bond donors (Lipinski definition) is 2. The second kappa shape index (κ2) is 7.32. The van der Waals surface area contributed by atoms with Crippen molar-refractivity contribution in [1.82, 2.24) is 9.97 Å². The third kappa shape index (κ3) is 4.06. The van der Waals surface area contributed by atoms with Crippen LogP contribution >= 0.6 is 11.6 Å². The van der Waals surface area contributed by atoms with Crippen LogP contribution in [0.3, 0.4) is 0 Å². The highest BCUT2D eigenvalue weighted by Crippen LogP contribution is 2.32. The van der Waals surface area contributed by atoms with E-state index in [-0.39, 0.29) is 6.79 Å². The van der Waals surface area contributed by atoms with Crippen LogP contribution in [0, 0.1) is 13.8 Å². The second-order valence-corrected chi connectivity index (χ2v) is 6.75. The molecule has 7 heteroatoms. The SMILES string of the molecule is Cc1nc(NCc2ccc3c(c2)OCO3)cc(Nc2ccc(Cl)cc2C)n1. The van der Waals surface area contributed by atoms with Crippen molar-refractivity contribution in [1.29, 1.82) is 0 Å². The Labute approximate surface area is 162 Å². The number of aromatic nitrogens is 2. The van der Waals surface area contributed by atoms with Crippen LogP contribution in [-0.4, -0.2) is 16.8 Å². The fourth-order valence-electron chi connectivity index (χ4n) is 2.87. The molecule has 0 saturated carbocycles. The molecular formula is C20H19ClN4O2. The van der Waals surface area contributed by atoms with Crippen molar-refractivity contribution in [2.24, 2.45) is 0 Å². The third-order valence-corrected chi connectivity index (χ3v) is 4.43. The molecule has 2 N–H and O–H groups in total. The van der Waals surface area contributed by atoms with Crippen molar-refractivity contribution in [3.05, 3.63) is 64.4 Å². The quantitative estimate of drug-likeness (QED) is 0.658. The molecule has 27 heavy (non-hydrogen) atoms. The van der Waals surface area contributed by atoms with Gasteiger partial charge in [-0.2, -0.15) is 0 Å². The van der Waals surface area contributed by atoms with Crippen LogP contribution in [-0.2, 0) is 6.54 Å². The maximum atomic E-state index is 6.02. The average molecular weight is 383 g/mol. The van der Waals surface area contributed by atoms with Crippen molar-refractivity contribution in [3.8, 4) is 11.5 Å². The van der Waals surface area contributed by atoms with Gasteiger partial charge in [0.15, 0.2) is 11.5 Å². The minimum atomic E-state index is 0.274. The number of nitrogens with zero attached hydrogens (tertiary/aromatic N) is 2. The van der Waals surface area contributed by atoms with Crippen molar-refractivity contribution in [2.75, 3.05) is 17.4 Å². The Bertz CT molecular complexity index is 994. The Kier molecular flexibility index (Phi) is 4.73. The Morgan fingerprint density at radius 1 is 0.963 bits per heavy atom. The maximum Gasteiger partial charge on any atom is 0.231 e. The zero-order valence-corrected chi connectivity index (χ0v) is 15.8. The molecule has 138 valence electrons. The van der Waals surface area contributed by atoms with Gasteiger partial charge in [-0.1, -0.05) is 17.7 Å². The van der Waals surface area contributed by atoms with E-state index in [9.17, 15) is 0 Å². The molecule has 6 nitrogen and oxygen atoms in total. The number of fused-ring (bicyclic) bond motifs is 1. The standard InChI is InChI=1S/C20H19ClN4O2/c1-12-7-15(21)4-5-16(12)25-20-9-19(23-13(2)24-20)22-10-14-3-6-17-18(8-14)27-11-26-17/h3-9H,10-11H2,1-2H3,(H2,22,23,24,25). The van der Waals surface area contributed by atoms with E-state index in [0.29, 0.717) is 17.4 Å². The van der Waals surface area contributed by atoms with E-state index in [1.807, 2.05) is 56.3 Å². The minimum absolute atomic E-state index is 0.274. The molecule has 0 aliphatic carbocycles. The lowest BCUT2D eigenvalue weighted by molar-refractivity contribution is 0.174. The number of nitrogens with one attached hydrogen (secondary N) is 2. The first-order valence-electron chi connectivity index (χ1n) is 8.58. The highest BCUT2D eigenvalue weighted by molar-refractivity contribution is 6.30. The summed E-state index contributed by atoms with van der Waals surface area (Å²) in [4.78, 5) is 8.92. The highest BCUT2D eigenvalue weighted by atomic mass is 35.5. The lowest BCUT2D eigenvalue weighted by atomic mass is 10.2. The van der Waals surface area contributed by atoms with E-state index in [1.165, 1.54) is 0 Å². The van der Waals surface area contributed by atoms with Crippen LogP contribution in [0.15, 0.2) is 42.5 Å². The molecule has 1 aliphatic heterocycles. The first-order valence-corrected chi connectivity index (χ1v) is 8.96. The van der Waals surface area contributed by atoms with Crippen LogP contribution in [0.25, 0.3) is 0 Å². The molecule has 4 rings (SSSR count). The molecule has 1 aliphatic rings. The minimum Gasteiger partial charge on any atom is -0.454 e. The topological polar surface area (TPSA) is 68.3 Å². The average Bonchev–Trinajstić information content (AvgIpc) is 3.10. The molecule has 0 amide bonds. The normalized spacial score (nSPS) is 12.1. The molecule has 0 fully saturated rings. The van der Waals surface area contributed by atoms with E-state index in [4.69, 9.17) is 21.1 Å². The third-order valence-electron chi connectivity index (χ3n) is 4.20. The summed E-state index contributed by atoms with van der Waals surface area (Å²) in [7, 11) is 0. The first kappa shape index (κ1) is 17.4. The van der Waals surface area contributed by atoms with Gasteiger partial charge in [0.1, 0.15) is 17.5 Å².